The summed E-state index contributed by atoms with van der Waals surface area (Å²) < 4.78 is 0. The lowest BCUT2D eigenvalue weighted by molar-refractivity contribution is -0.122. The van der Waals surface area contributed by atoms with Crippen LogP contribution in [0.5, 0.6) is 0 Å². The molecule has 2 rings (SSSR count). The molecule has 2 aromatic rings. The third kappa shape index (κ3) is 5.68. The summed E-state index contributed by atoms with van der Waals surface area (Å²) >= 11 is 0. The zero-order valence-corrected chi connectivity index (χ0v) is 13.4. The quantitative estimate of drug-likeness (QED) is 0.849. The van der Waals surface area contributed by atoms with Crippen molar-refractivity contribution in [3.05, 3.63) is 66.0 Å². The monoisotopic (exact) mass is 296 g/mol. The Morgan fingerprint density at radius 2 is 1.82 bits per heavy atom. The molecule has 0 fully saturated rings. The molecule has 0 saturated heterocycles. The molecule has 1 N–H and O–H groups in total. The first-order valence-electron chi connectivity index (χ1n) is 7.79. The Kier molecular flexibility index (Phi) is 5.70. The van der Waals surface area contributed by atoms with E-state index in [2.05, 4.69) is 36.3 Å². The molecule has 3 heteroatoms. The van der Waals surface area contributed by atoms with Crippen LogP contribution < -0.4 is 5.32 Å². The molecular weight excluding hydrogens is 272 g/mol. The van der Waals surface area contributed by atoms with Crippen LogP contribution in [0.2, 0.25) is 0 Å². The van der Waals surface area contributed by atoms with Crippen molar-refractivity contribution in [2.75, 3.05) is 0 Å². The average Bonchev–Trinajstić information content (AvgIpc) is 2.48. The van der Waals surface area contributed by atoms with Gasteiger partial charge in [0.1, 0.15) is 0 Å². The van der Waals surface area contributed by atoms with Crippen molar-refractivity contribution >= 4 is 5.91 Å². The Hall–Kier alpha value is -2.16. The predicted octanol–water partition coefficient (Wildman–Crippen LogP) is 3.54. The lowest BCUT2D eigenvalue weighted by Gasteiger charge is -2.26. The van der Waals surface area contributed by atoms with E-state index in [1.807, 2.05) is 36.5 Å². The summed E-state index contributed by atoms with van der Waals surface area (Å²) in [7, 11) is 0. The minimum Gasteiger partial charge on any atom is -0.351 e. The number of carbonyl (C=O) groups is 1. The molecule has 0 aliphatic rings. The van der Waals surface area contributed by atoms with Gasteiger partial charge < -0.3 is 5.32 Å². The van der Waals surface area contributed by atoms with Gasteiger partial charge in [-0.1, -0.05) is 36.4 Å². The normalized spacial score (nSPS) is 11.2. The van der Waals surface area contributed by atoms with Crippen LogP contribution in [0.3, 0.4) is 0 Å². The maximum absolute atomic E-state index is 12.1. The summed E-state index contributed by atoms with van der Waals surface area (Å²) in [5.74, 6) is 0.116. The van der Waals surface area contributed by atoms with Crippen molar-refractivity contribution in [3.63, 3.8) is 0 Å². The largest absolute Gasteiger partial charge is 0.351 e. The van der Waals surface area contributed by atoms with Gasteiger partial charge in [-0.2, -0.15) is 0 Å². The zero-order chi connectivity index (χ0) is 15.8. The maximum Gasteiger partial charge on any atom is 0.220 e. The smallest absolute Gasteiger partial charge is 0.220 e. The van der Waals surface area contributed by atoms with Crippen LogP contribution >= 0.6 is 0 Å². The highest BCUT2D eigenvalue weighted by Crippen LogP contribution is 2.13. The van der Waals surface area contributed by atoms with E-state index in [1.54, 1.807) is 6.20 Å². The van der Waals surface area contributed by atoms with Crippen LogP contribution in [0.15, 0.2) is 54.9 Å². The second-order valence-electron chi connectivity index (χ2n) is 6.31. The molecule has 0 aliphatic carbocycles. The number of benzene rings is 1. The molecule has 0 bridgehead atoms. The van der Waals surface area contributed by atoms with Gasteiger partial charge in [-0.05, 0) is 50.3 Å². The fourth-order valence-corrected chi connectivity index (χ4v) is 2.59. The van der Waals surface area contributed by atoms with Crippen molar-refractivity contribution in [2.45, 2.75) is 45.1 Å². The van der Waals surface area contributed by atoms with Crippen LogP contribution in [0, 0.1) is 0 Å². The van der Waals surface area contributed by atoms with Crippen molar-refractivity contribution in [1.82, 2.24) is 10.3 Å². The van der Waals surface area contributed by atoms with Crippen LogP contribution in [0.25, 0.3) is 0 Å². The minimum atomic E-state index is -0.229. The molecule has 22 heavy (non-hydrogen) atoms. The molecule has 0 aliphatic heterocycles. The minimum absolute atomic E-state index is 0.116. The van der Waals surface area contributed by atoms with E-state index in [0.717, 1.165) is 19.3 Å². The number of aromatic nitrogens is 1. The Morgan fingerprint density at radius 1 is 1.09 bits per heavy atom. The number of rotatable bonds is 7. The average molecular weight is 296 g/mol. The highest BCUT2D eigenvalue weighted by molar-refractivity contribution is 5.76. The number of hydrogen-bond acceptors (Lipinski definition) is 2. The Morgan fingerprint density at radius 3 is 2.50 bits per heavy atom. The SMILES string of the molecule is CC(C)(Cc1ccccc1)NC(=O)CCCc1cccnc1. The lowest BCUT2D eigenvalue weighted by atomic mass is 9.94. The molecule has 0 radical (unpaired) electrons. The van der Waals surface area contributed by atoms with Crippen LogP contribution in [-0.2, 0) is 17.6 Å². The zero-order valence-electron chi connectivity index (χ0n) is 13.4. The molecule has 1 aromatic carbocycles. The van der Waals surface area contributed by atoms with Crippen molar-refractivity contribution in [3.8, 4) is 0 Å². The van der Waals surface area contributed by atoms with Crippen molar-refractivity contribution < 1.29 is 4.79 Å². The molecule has 1 heterocycles. The topological polar surface area (TPSA) is 42.0 Å². The number of hydrogen-bond donors (Lipinski definition) is 1. The van der Waals surface area contributed by atoms with Gasteiger partial charge in [0.05, 0.1) is 0 Å². The first kappa shape index (κ1) is 16.2. The van der Waals surface area contributed by atoms with Gasteiger partial charge in [0, 0.05) is 24.4 Å². The van der Waals surface area contributed by atoms with E-state index in [4.69, 9.17) is 0 Å². The number of nitrogens with zero attached hydrogens (tertiary/aromatic N) is 1. The van der Waals surface area contributed by atoms with Gasteiger partial charge in [-0.3, -0.25) is 9.78 Å². The van der Waals surface area contributed by atoms with Gasteiger partial charge in [0.2, 0.25) is 5.91 Å². The molecule has 1 aromatic heterocycles. The lowest BCUT2D eigenvalue weighted by Crippen LogP contribution is -2.45. The Labute approximate surface area is 132 Å². The van der Waals surface area contributed by atoms with Gasteiger partial charge in [-0.15, -0.1) is 0 Å². The number of nitrogens with one attached hydrogen (secondary N) is 1. The number of amides is 1. The Balaban J connectivity index is 1.76. The first-order chi connectivity index (χ1) is 10.6. The first-order valence-corrected chi connectivity index (χ1v) is 7.79. The predicted molar refractivity (Wildman–Crippen MR) is 89.5 cm³/mol. The second kappa shape index (κ2) is 7.74. The van der Waals surface area contributed by atoms with E-state index >= 15 is 0 Å². The summed E-state index contributed by atoms with van der Waals surface area (Å²) in [5.41, 5.74) is 2.19. The van der Waals surface area contributed by atoms with Crippen LogP contribution in [-0.4, -0.2) is 16.4 Å². The van der Waals surface area contributed by atoms with Gasteiger partial charge in [0.15, 0.2) is 0 Å². The molecule has 1 amide bonds. The highest BCUT2D eigenvalue weighted by atomic mass is 16.1. The fourth-order valence-electron chi connectivity index (χ4n) is 2.59. The third-order valence-corrected chi connectivity index (χ3v) is 3.56. The summed E-state index contributed by atoms with van der Waals surface area (Å²) in [5, 5.41) is 3.14. The van der Waals surface area contributed by atoms with Gasteiger partial charge in [0.25, 0.3) is 0 Å². The van der Waals surface area contributed by atoms with Gasteiger partial charge in [-0.25, -0.2) is 0 Å². The molecule has 116 valence electrons. The Bertz CT molecular complexity index is 579. The molecule has 0 saturated carbocycles. The van der Waals surface area contributed by atoms with Crippen LogP contribution in [0.4, 0.5) is 0 Å². The van der Waals surface area contributed by atoms with E-state index in [0.29, 0.717) is 6.42 Å². The number of aryl methyl sites for hydroxylation is 1. The molecule has 3 nitrogen and oxygen atoms in total. The van der Waals surface area contributed by atoms with Crippen molar-refractivity contribution in [2.24, 2.45) is 0 Å². The number of carbonyl (C=O) groups excluding carboxylic acids is 1. The maximum atomic E-state index is 12.1. The van der Waals surface area contributed by atoms with E-state index in [1.165, 1.54) is 11.1 Å². The summed E-state index contributed by atoms with van der Waals surface area (Å²) in [6.07, 6.45) is 6.74. The van der Waals surface area contributed by atoms with E-state index in [9.17, 15) is 4.79 Å². The molecule has 0 unspecified atom stereocenters. The van der Waals surface area contributed by atoms with Crippen molar-refractivity contribution in [1.29, 1.82) is 0 Å². The summed E-state index contributed by atoms with van der Waals surface area (Å²) in [4.78, 5) is 16.2. The van der Waals surface area contributed by atoms with E-state index in [-0.39, 0.29) is 11.4 Å². The third-order valence-electron chi connectivity index (χ3n) is 3.56. The second-order valence-corrected chi connectivity index (χ2v) is 6.31. The highest BCUT2D eigenvalue weighted by Gasteiger charge is 2.20. The summed E-state index contributed by atoms with van der Waals surface area (Å²) in [6.45, 7) is 4.14. The molecular formula is C19H24N2O. The molecule has 0 atom stereocenters. The fraction of sp³-hybridized carbons (Fsp3) is 0.368. The molecule has 0 spiro atoms. The van der Waals surface area contributed by atoms with Gasteiger partial charge >= 0.3 is 0 Å². The van der Waals surface area contributed by atoms with Crippen LogP contribution in [0.1, 0.15) is 37.8 Å². The number of pyridine rings is 1. The summed E-state index contributed by atoms with van der Waals surface area (Å²) in [6, 6.07) is 14.2. The standard InChI is InChI=1S/C19H24N2O/c1-19(2,14-16-8-4-3-5-9-16)21-18(22)12-6-10-17-11-7-13-20-15-17/h3-5,7-9,11,13,15H,6,10,12,14H2,1-2H3,(H,21,22). The van der Waals surface area contributed by atoms with E-state index < -0.39 is 0 Å².